The van der Waals surface area contributed by atoms with E-state index in [-0.39, 0.29) is 31.6 Å². The lowest BCUT2D eigenvalue weighted by Crippen LogP contribution is -2.35. The van der Waals surface area contributed by atoms with Crippen molar-refractivity contribution in [2.45, 2.75) is 50.9 Å². The zero-order chi connectivity index (χ0) is 16.0. The molecule has 0 amide bonds. The number of aliphatic hydroxyl groups is 3. The van der Waals surface area contributed by atoms with Gasteiger partial charge in [0.15, 0.2) is 9.84 Å². The average molecular weight is 352 g/mol. The van der Waals surface area contributed by atoms with Gasteiger partial charge in [0.05, 0.1) is 23.7 Å². The van der Waals surface area contributed by atoms with Gasteiger partial charge in [-0.15, -0.1) is 3.94 Å². The molecule has 0 saturated carbocycles. The molecule has 0 heterocycles. The highest BCUT2D eigenvalue weighted by Gasteiger charge is 2.28. The summed E-state index contributed by atoms with van der Waals surface area (Å²) < 4.78 is 24.6. The van der Waals surface area contributed by atoms with E-state index in [1.807, 2.05) is 0 Å². The van der Waals surface area contributed by atoms with Crippen LogP contribution < -0.4 is 0 Å². The van der Waals surface area contributed by atoms with Gasteiger partial charge in [-0.25, -0.2) is 8.42 Å². The average Bonchev–Trinajstić information content (AvgIpc) is 2.25. The molecule has 20 heavy (non-hydrogen) atoms. The molecule has 3 N–H and O–H groups in total. The summed E-state index contributed by atoms with van der Waals surface area (Å²) in [5.41, 5.74) is -0.697. The lowest BCUT2D eigenvalue weighted by molar-refractivity contribution is 0.0734. The lowest BCUT2D eigenvalue weighted by atomic mass is 10.0. The summed E-state index contributed by atoms with van der Waals surface area (Å²) >= 11 is 11.2. The number of sulfone groups is 1. The molecule has 0 spiro atoms. The van der Waals surface area contributed by atoms with E-state index in [0.717, 1.165) is 3.94 Å². The SMILES string of the molecule is CC(C)(CCS(=O)(=O)CC(O)CC(O)CCO)N(Cl)Cl. The van der Waals surface area contributed by atoms with Crippen molar-refractivity contribution in [2.24, 2.45) is 0 Å². The van der Waals surface area contributed by atoms with Crippen molar-refractivity contribution in [3.63, 3.8) is 0 Å². The van der Waals surface area contributed by atoms with Crippen molar-refractivity contribution in [1.82, 2.24) is 3.94 Å². The molecule has 2 atom stereocenters. The number of hydrogen-bond acceptors (Lipinski definition) is 6. The molecule has 0 aliphatic carbocycles. The third kappa shape index (κ3) is 8.61. The Bertz CT molecular complexity index is 375. The Morgan fingerprint density at radius 1 is 1.20 bits per heavy atom. The van der Waals surface area contributed by atoms with Crippen LogP contribution in [0, 0.1) is 0 Å². The van der Waals surface area contributed by atoms with Crippen LogP contribution in [0.2, 0.25) is 0 Å². The molecular weight excluding hydrogens is 329 g/mol. The summed E-state index contributed by atoms with van der Waals surface area (Å²) in [6.45, 7) is 3.18. The standard InChI is InChI=1S/C11H23Cl2NO5S/c1-11(2,14(12)13)4-6-20(18,19)8-10(17)7-9(16)3-5-15/h9-10,15-17H,3-8H2,1-2H3. The van der Waals surface area contributed by atoms with Crippen molar-refractivity contribution in [2.75, 3.05) is 18.1 Å². The van der Waals surface area contributed by atoms with E-state index in [4.69, 9.17) is 28.7 Å². The largest absolute Gasteiger partial charge is 0.396 e. The molecule has 9 heteroatoms. The minimum atomic E-state index is -3.48. The first-order chi connectivity index (χ1) is 9.00. The van der Waals surface area contributed by atoms with Gasteiger partial charge >= 0.3 is 0 Å². The highest BCUT2D eigenvalue weighted by molar-refractivity contribution is 7.91. The summed E-state index contributed by atoms with van der Waals surface area (Å²) in [5, 5.41) is 27.6. The minimum Gasteiger partial charge on any atom is -0.396 e. The second kappa shape index (κ2) is 8.73. The van der Waals surface area contributed by atoms with Gasteiger partial charge < -0.3 is 15.3 Å². The molecule has 0 fully saturated rings. The molecule has 0 aliphatic heterocycles. The van der Waals surface area contributed by atoms with E-state index in [0.29, 0.717) is 0 Å². The van der Waals surface area contributed by atoms with Gasteiger partial charge in [-0.1, -0.05) is 0 Å². The van der Waals surface area contributed by atoms with Crippen LogP contribution in [0.1, 0.15) is 33.1 Å². The Kier molecular flexibility index (Phi) is 8.89. The molecule has 0 rings (SSSR count). The van der Waals surface area contributed by atoms with Gasteiger partial charge in [0.2, 0.25) is 0 Å². The molecule has 0 bridgehead atoms. The normalized spacial score (nSPS) is 16.4. The topological polar surface area (TPSA) is 98.1 Å². The van der Waals surface area contributed by atoms with Gasteiger partial charge in [-0.2, -0.15) is 0 Å². The Morgan fingerprint density at radius 3 is 2.20 bits per heavy atom. The molecule has 0 aliphatic rings. The summed E-state index contributed by atoms with van der Waals surface area (Å²) in [6, 6.07) is 0. The van der Waals surface area contributed by atoms with E-state index in [2.05, 4.69) is 0 Å². The van der Waals surface area contributed by atoms with Gasteiger partial charge in [-0.3, -0.25) is 0 Å². The fourth-order valence-electron chi connectivity index (χ4n) is 1.52. The van der Waals surface area contributed by atoms with Crippen molar-refractivity contribution < 1.29 is 23.7 Å². The highest BCUT2D eigenvalue weighted by Crippen LogP contribution is 2.24. The summed E-state index contributed by atoms with van der Waals surface area (Å²) in [5.74, 6) is -0.598. The minimum absolute atomic E-state index is 0.0830. The van der Waals surface area contributed by atoms with Crippen LogP contribution >= 0.6 is 23.6 Å². The van der Waals surface area contributed by atoms with Gasteiger partial charge in [0.1, 0.15) is 0 Å². The molecule has 122 valence electrons. The molecule has 0 aromatic heterocycles. The van der Waals surface area contributed by atoms with Gasteiger partial charge in [0, 0.05) is 18.6 Å². The monoisotopic (exact) mass is 351 g/mol. The van der Waals surface area contributed by atoms with E-state index in [1.54, 1.807) is 13.8 Å². The Labute approximate surface area is 130 Å². The van der Waals surface area contributed by atoms with Crippen LogP contribution in [-0.4, -0.2) is 63.5 Å². The van der Waals surface area contributed by atoms with E-state index in [9.17, 15) is 18.6 Å². The van der Waals surface area contributed by atoms with Crippen LogP contribution in [0.15, 0.2) is 0 Å². The highest BCUT2D eigenvalue weighted by atomic mass is 35.5. The number of nitrogens with zero attached hydrogens (tertiary/aromatic N) is 1. The lowest BCUT2D eigenvalue weighted by Gasteiger charge is -2.27. The summed E-state index contributed by atoms with van der Waals surface area (Å²) in [6.07, 6.45) is -1.83. The van der Waals surface area contributed by atoms with E-state index < -0.39 is 33.3 Å². The van der Waals surface area contributed by atoms with Crippen molar-refractivity contribution in [3.8, 4) is 0 Å². The second-order valence-corrected chi connectivity index (χ2v) is 8.54. The zero-order valence-corrected chi connectivity index (χ0v) is 14.0. The van der Waals surface area contributed by atoms with Crippen molar-refractivity contribution >= 4 is 33.4 Å². The second-order valence-electron chi connectivity index (χ2n) is 5.47. The predicted molar refractivity (Wildman–Crippen MR) is 79.2 cm³/mol. The van der Waals surface area contributed by atoms with Crippen LogP contribution in [-0.2, 0) is 9.84 Å². The van der Waals surface area contributed by atoms with E-state index >= 15 is 0 Å². The fraction of sp³-hybridized carbons (Fsp3) is 1.00. The maximum absolute atomic E-state index is 11.9. The molecular formula is C11H23Cl2NO5S. The fourth-order valence-corrected chi connectivity index (χ4v) is 3.38. The van der Waals surface area contributed by atoms with Crippen LogP contribution in [0.5, 0.6) is 0 Å². The smallest absolute Gasteiger partial charge is 0.152 e. The number of halogens is 2. The third-order valence-corrected chi connectivity index (χ3v) is 5.57. The molecule has 0 aromatic rings. The maximum Gasteiger partial charge on any atom is 0.152 e. The predicted octanol–water partition coefficient (Wildman–Crippen LogP) is 0.674. The number of hydrogen-bond donors (Lipinski definition) is 3. The molecule has 0 radical (unpaired) electrons. The summed E-state index contributed by atoms with van der Waals surface area (Å²) in [4.78, 5) is 0. The molecule has 6 nitrogen and oxygen atoms in total. The quantitative estimate of drug-likeness (QED) is 0.500. The van der Waals surface area contributed by atoms with E-state index in [1.165, 1.54) is 0 Å². The van der Waals surface area contributed by atoms with Crippen LogP contribution in [0.3, 0.4) is 0 Å². The first-order valence-electron chi connectivity index (χ1n) is 6.29. The Morgan fingerprint density at radius 2 is 1.75 bits per heavy atom. The first kappa shape index (κ1) is 20.4. The zero-order valence-electron chi connectivity index (χ0n) is 11.7. The number of aliphatic hydroxyl groups excluding tert-OH is 3. The maximum atomic E-state index is 11.9. The van der Waals surface area contributed by atoms with Gasteiger partial charge in [0.25, 0.3) is 0 Å². The van der Waals surface area contributed by atoms with Gasteiger partial charge in [-0.05, 0) is 50.2 Å². The van der Waals surface area contributed by atoms with Crippen LogP contribution in [0.4, 0.5) is 0 Å². The van der Waals surface area contributed by atoms with Crippen LogP contribution in [0.25, 0.3) is 0 Å². The molecule has 0 saturated heterocycles. The summed E-state index contributed by atoms with van der Waals surface area (Å²) in [7, 11) is -3.48. The van der Waals surface area contributed by atoms with Crippen molar-refractivity contribution in [1.29, 1.82) is 0 Å². The third-order valence-electron chi connectivity index (χ3n) is 2.94. The first-order valence-corrected chi connectivity index (χ1v) is 8.79. The molecule has 2 unspecified atom stereocenters. The Balaban J connectivity index is 4.32. The molecule has 0 aromatic carbocycles. The Hall–Kier alpha value is 0.370. The number of rotatable bonds is 10. The van der Waals surface area contributed by atoms with Crippen molar-refractivity contribution in [3.05, 3.63) is 0 Å².